The fourth-order valence-electron chi connectivity index (χ4n) is 3.12. The Bertz CT molecular complexity index is 708. The molecule has 28 heavy (non-hydrogen) atoms. The number of nitrogens with one attached hydrogen (secondary N) is 1. The summed E-state index contributed by atoms with van der Waals surface area (Å²) in [6.07, 6.45) is 1.13. The molecule has 1 aromatic heterocycles. The van der Waals surface area contributed by atoms with Gasteiger partial charge >= 0.3 is 12.1 Å². The van der Waals surface area contributed by atoms with Crippen LogP contribution in [0.15, 0.2) is 42.7 Å². The van der Waals surface area contributed by atoms with Crippen LogP contribution in [0.1, 0.15) is 23.6 Å². The number of piperazine rings is 1. The van der Waals surface area contributed by atoms with Crippen molar-refractivity contribution >= 4 is 5.97 Å². The van der Waals surface area contributed by atoms with Crippen molar-refractivity contribution in [3.8, 4) is 0 Å². The van der Waals surface area contributed by atoms with Crippen LogP contribution in [-0.2, 0) is 11.2 Å². The summed E-state index contributed by atoms with van der Waals surface area (Å²) < 4.78 is 31.7. The van der Waals surface area contributed by atoms with Crippen LogP contribution < -0.4 is 0 Å². The number of alkyl halides is 3. The minimum atomic E-state index is -5.08. The monoisotopic (exact) mass is 398 g/mol. The van der Waals surface area contributed by atoms with E-state index in [1.165, 1.54) is 17.5 Å². The van der Waals surface area contributed by atoms with Crippen LogP contribution in [-0.4, -0.2) is 70.5 Å². The number of carboxylic acid groups (broad SMARTS) is 1. The molecule has 9 heteroatoms. The number of H-pyrrole nitrogens is 1. The first-order chi connectivity index (χ1) is 13.3. The summed E-state index contributed by atoms with van der Waals surface area (Å²) in [5.41, 5.74) is 2.74. The van der Waals surface area contributed by atoms with Crippen molar-refractivity contribution in [2.45, 2.75) is 25.1 Å². The molecule has 1 saturated heterocycles. The van der Waals surface area contributed by atoms with Gasteiger partial charge in [-0.2, -0.15) is 18.3 Å². The number of hydrogen-bond donors (Lipinski definition) is 2. The van der Waals surface area contributed by atoms with Gasteiger partial charge in [0, 0.05) is 31.9 Å². The maximum atomic E-state index is 10.6. The van der Waals surface area contributed by atoms with Gasteiger partial charge in [0.15, 0.2) is 0 Å². The van der Waals surface area contributed by atoms with Crippen LogP contribution in [0.4, 0.5) is 13.2 Å². The highest BCUT2D eigenvalue weighted by molar-refractivity contribution is 5.73. The van der Waals surface area contributed by atoms with Gasteiger partial charge in [-0.15, -0.1) is 0 Å². The van der Waals surface area contributed by atoms with E-state index in [1.54, 1.807) is 0 Å². The predicted octanol–water partition coefficient (Wildman–Crippen LogP) is 2.96. The number of halogens is 3. The number of hydrogen-bond acceptors (Lipinski definition) is 4. The molecule has 2 heterocycles. The number of likely N-dealkylation sites (N-methyl/N-ethyl adjacent to an activating group) is 1. The molecule has 6 nitrogen and oxygen atoms in total. The highest BCUT2D eigenvalue weighted by atomic mass is 19.4. The molecule has 154 valence electrons. The van der Waals surface area contributed by atoms with E-state index in [2.05, 4.69) is 57.4 Å². The van der Waals surface area contributed by atoms with Crippen molar-refractivity contribution in [3.63, 3.8) is 0 Å². The fraction of sp³-hybridized carbons (Fsp3) is 0.474. The lowest BCUT2D eigenvalue weighted by molar-refractivity contribution is -0.192. The maximum absolute atomic E-state index is 10.6. The Morgan fingerprint density at radius 3 is 2.54 bits per heavy atom. The summed E-state index contributed by atoms with van der Waals surface area (Å²) in [7, 11) is 2.22. The van der Waals surface area contributed by atoms with Crippen molar-refractivity contribution in [3.05, 3.63) is 53.9 Å². The maximum Gasteiger partial charge on any atom is 0.490 e. The van der Waals surface area contributed by atoms with E-state index in [4.69, 9.17) is 9.90 Å². The summed E-state index contributed by atoms with van der Waals surface area (Å²) in [5.74, 6) is -2.76. The first-order valence-corrected chi connectivity index (χ1v) is 9.02. The van der Waals surface area contributed by atoms with Gasteiger partial charge in [-0.3, -0.25) is 10.00 Å². The van der Waals surface area contributed by atoms with E-state index in [1.807, 2.05) is 12.4 Å². The normalized spacial score (nSPS) is 18.4. The summed E-state index contributed by atoms with van der Waals surface area (Å²) in [4.78, 5) is 14.0. The molecular formula is C19H25F3N4O2. The third-order valence-electron chi connectivity index (χ3n) is 4.59. The van der Waals surface area contributed by atoms with Gasteiger partial charge in [0.2, 0.25) is 0 Å². The van der Waals surface area contributed by atoms with E-state index in [-0.39, 0.29) is 0 Å². The predicted molar refractivity (Wildman–Crippen MR) is 98.9 cm³/mol. The molecule has 1 atom stereocenters. The zero-order valence-corrected chi connectivity index (χ0v) is 15.7. The summed E-state index contributed by atoms with van der Waals surface area (Å²) in [6, 6.07) is 11.4. The topological polar surface area (TPSA) is 72.5 Å². The highest BCUT2D eigenvalue weighted by Gasteiger charge is 2.38. The van der Waals surface area contributed by atoms with Crippen molar-refractivity contribution in [2.24, 2.45) is 0 Å². The highest BCUT2D eigenvalue weighted by Crippen LogP contribution is 2.25. The minimum absolute atomic E-state index is 0.522. The van der Waals surface area contributed by atoms with E-state index < -0.39 is 12.1 Å². The molecule has 0 spiro atoms. The second-order valence-electron chi connectivity index (χ2n) is 6.74. The summed E-state index contributed by atoms with van der Waals surface area (Å²) in [5, 5.41) is 14.0. The molecular weight excluding hydrogens is 373 g/mol. The second-order valence-corrected chi connectivity index (χ2v) is 6.74. The molecule has 0 bridgehead atoms. The van der Waals surface area contributed by atoms with E-state index >= 15 is 0 Å². The molecule has 1 aromatic carbocycles. The molecule has 2 aromatic rings. The van der Waals surface area contributed by atoms with E-state index in [0.717, 1.165) is 32.6 Å². The number of carbonyl (C=O) groups is 1. The van der Waals surface area contributed by atoms with Crippen molar-refractivity contribution in [2.75, 3.05) is 33.2 Å². The standard InChI is InChI=1S/C17H24N4.C2HF3O2/c1-20-10-11-21(9-5-6-15-12-18-19-13-15)17(14-20)16-7-3-2-4-8-16;3-2(4,5)1(6)7/h2-4,7-8,12-13,17H,5-6,9-11,14H2,1H3,(H,18,19);(H,6,7)/t17-;/m1./s1. The SMILES string of the molecule is CN1CCN(CCCc2cn[nH]c2)[C@@H](c2ccccc2)C1.O=C(O)C(F)(F)F. The van der Waals surface area contributed by atoms with Crippen LogP contribution >= 0.6 is 0 Å². The molecule has 0 aliphatic carbocycles. The van der Waals surface area contributed by atoms with Gasteiger partial charge in [0.1, 0.15) is 0 Å². The first-order valence-electron chi connectivity index (χ1n) is 9.02. The molecule has 1 aliphatic rings. The molecule has 1 aliphatic heterocycles. The van der Waals surface area contributed by atoms with Gasteiger partial charge in [-0.1, -0.05) is 30.3 Å². The van der Waals surface area contributed by atoms with Crippen molar-refractivity contribution in [1.29, 1.82) is 0 Å². The summed E-state index contributed by atoms with van der Waals surface area (Å²) >= 11 is 0. The summed E-state index contributed by atoms with van der Waals surface area (Å²) in [6.45, 7) is 4.59. The van der Waals surface area contributed by atoms with Crippen molar-refractivity contribution in [1.82, 2.24) is 20.0 Å². The number of aryl methyl sites for hydroxylation is 1. The Morgan fingerprint density at radius 1 is 1.29 bits per heavy atom. The quantitative estimate of drug-likeness (QED) is 0.810. The Labute approximate surface area is 162 Å². The Hall–Kier alpha value is -2.39. The average Bonchev–Trinajstić information content (AvgIpc) is 3.17. The minimum Gasteiger partial charge on any atom is -0.475 e. The average molecular weight is 398 g/mol. The van der Waals surface area contributed by atoms with Gasteiger partial charge in [-0.25, -0.2) is 4.79 Å². The third kappa shape index (κ3) is 6.97. The zero-order valence-electron chi connectivity index (χ0n) is 15.7. The first kappa shape index (κ1) is 21.9. The molecule has 1 fully saturated rings. The number of rotatable bonds is 5. The van der Waals surface area contributed by atoms with E-state index in [0.29, 0.717) is 6.04 Å². The Kier molecular flexibility index (Phi) is 8.01. The molecule has 0 radical (unpaired) electrons. The number of aliphatic carboxylic acids is 1. The fourth-order valence-corrected chi connectivity index (χ4v) is 3.12. The van der Waals surface area contributed by atoms with Crippen molar-refractivity contribution < 1.29 is 23.1 Å². The van der Waals surface area contributed by atoms with Crippen LogP contribution in [0.5, 0.6) is 0 Å². The second kappa shape index (κ2) is 10.2. The van der Waals surface area contributed by atoms with Gasteiger partial charge in [0.25, 0.3) is 0 Å². The van der Waals surface area contributed by atoms with Crippen LogP contribution in [0.25, 0.3) is 0 Å². The lowest BCUT2D eigenvalue weighted by atomic mass is 10.0. The Balaban J connectivity index is 0.000000345. The molecule has 2 N–H and O–H groups in total. The number of carboxylic acids is 1. The number of aromatic nitrogens is 2. The van der Waals surface area contributed by atoms with Gasteiger partial charge in [0.05, 0.1) is 6.20 Å². The lowest BCUT2D eigenvalue weighted by Gasteiger charge is -2.40. The van der Waals surface area contributed by atoms with Crippen LogP contribution in [0, 0.1) is 0 Å². The molecule has 0 unspecified atom stereocenters. The molecule has 0 amide bonds. The third-order valence-corrected chi connectivity index (χ3v) is 4.59. The lowest BCUT2D eigenvalue weighted by Crippen LogP contribution is -2.47. The zero-order chi connectivity index (χ0) is 20.6. The number of aromatic amines is 1. The van der Waals surface area contributed by atoms with Crippen LogP contribution in [0.2, 0.25) is 0 Å². The number of benzene rings is 1. The van der Waals surface area contributed by atoms with Crippen LogP contribution in [0.3, 0.4) is 0 Å². The number of nitrogens with zero attached hydrogens (tertiary/aromatic N) is 3. The van der Waals surface area contributed by atoms with E-state index in [9.17, 15) is 13.2 Å². The van der Waals surface area contributed by atoms with Gasteiger partial charge < -0.3 is 10.0 Å². The largest absolute Gasteiger partial charge is 0.490 e. The van der Waals surface area contributed by atoms with Gasteiger partial charge in [-0.05, 0) is 37.6 Å². The Morgan fingerprint density at radius 2 is 1.96 bits per heavy atom. The molecule has 3 rings (SSSR count). The smallest absolute Gasteiger partial charge is 0.475 e. The molecule has 0 saturated carbocycles.